The lowest BCUT2D eigenvalue weighted by molar-refractivity contribution is 0.0915. The second kappa shape index (κ2) is 5.66. The highest BCUT2D eigenvalue weighted by Crippen LogP contribution is 2.49. The van der Waals surface area contributed by atoms with Crippen molar-refractivity contribution in [1.82, 2.24) is 10.3 Å². The lowest BCUT2D eigenvalue weighted by Gasteiger charge is -2.28. The molecular formula is C17H25N3O. The van der Waals surface area contributed by atoms with Gasteiger partial charge in [0.25, 0.3) is 5.91 Å². The minimum Gasteiger partial charge on any atom is -0.384 e. The van der Waals surface area contributed by atoms with Crippen LogP contribution in [0.2, 0.25) is 0 Å². The number of carbonyl (C=O) groups is 1. The summed E-state index contributed by atoms with van der Waals surface area (Å²) in [6, 6.07) is 3.76. The van der Waals surface area contributed by atoms with E-state index in [0.717, 1.165) is 24.0 Å². The maximum Gasteiger partial charge on any atom is 0.251 e. The number of nitrogens with one attached hydrogen (secondary N) is 1. The van der Waals surface area contributed by atoms with Crippen molar-refractivity contribution in [3.8, 4) is 0 Å². The highest BCUT2D eigenvalue weighted by Gasteiger charge is 2.42. The van der Waals surface area contributed by atoms with Crippen molar-refractivity contribution in [1.29, 1.82) is 0 Å². The highest BCUT2D eigenvalue weighted by atomic mass is 16.1. The summed E-state index contributed by atoms with van der Waals surface area (Å²) in [7, 11) is 0. The summed E-state index contributed by atoms with van der Waals surface area (Å²) in [5.41, 5.74) is 7.29. The van der Waals surface area contributed by atoms with Crippen LogP contribution in [-0.2, 0) is 6.42 Å². The van der Waals surface area contributed by atoms with Gasteiger partial charge in [0.15, 0.2) is 0 Å². The molecule has 2 aliphatic rings. The lowest BCUT2D eigenvalue weighted by Crippen LogP contribution is -2.40. The highest BCUT2D eigenvalue weighted by molar-refractivity contribution is 5.95. The molecule has 2 bridgehead atoms. The molecule has 1 heterocycles. The van der Waals surface area contributed by atoms with Crippen molar-refractivity contribution >= 4 is 11.7 Å². The topological polar surface area (TPSA) is 68.0 Å². The molecule has 1 aromatic rings. The number of carbonyl (C=O) groups excluding carboxylic acids is 1. The Hall–Kier alpha value is -1.58. The average Bonchev–Trinajstić information content (AvgIpc) is 3.09. The average molecular weight is 287 g/mol. The first-order chi connectivity index (χ1) is 10.1. The van der Waals surface area contributed by atoms with Crippen LogP contribution in [0.5, 0.6) is 0 Å². The van der Waals surface area contributed by atoms with E-state index in [9.17, 15) is 4.79 Å². The number of aromatic nitrogens is 1. The van der Waals surface area contributed by atoms with E-state index in [-0.39, 0.29) is 11.9 Å². The van der Waals surface area contributed by atoms with Gasteiger partial charge in [-0.2, -0.15) is 0 Å². The van der Waals surface area contributed by atoms with E-state index in [2.05, 4.69) is 17.2 Å². The van der Waals surface area contributed by atoms with E-state index < -0.39 is 0 Å². The second-order valence-electron chi connectivity index (χ2n) is 6.73. The molecule has 2 aliphatic carbocycles. The number of aryl methyl sites for hydroxylation is 1. The molecule has 1 amide bonds. The molecule has 0 aliphatic heterocycles. The molecule has 0 aromatic carbocycles. The first-order valence-electron chi connectivity index (χ1n) is 8.14. The third kappa shape index (κ3) is 2.89. The van der Waals surface area contributed by atoms with Gasteiger partial charge in [-0.1, -0.05) is 13.3 Å². The molecule has 2 fully saturated rings. The van der Waals surface area contributed by atoms with E-state index in [1.807, 2.05) is 13.0 Å². The normalized spacial score (nSPS) is 28.6. The van der Waals surface area contributed by atoms with Gasteiger partial charge in [0.1, 0.15) is 5.82 Å². The monoisotopic (exact) mass is 287 g/mol. The van der Waals surface area contributed by atoms with Gasteiger partial charge in [-0.15, -0.1) is 0 Å². The minimum absolute atomic E-state index is 0.0194. The summed E-state index contributed by atoms with van der Waals surface area (Å²) in [6.45, 7) is 4.16. The Morgan fingerprint density at radius 1 is 1.43 bits per heavy atom. The van der Waals surface area contributed by atoms with Crippen LogP contribution in [0.1, 0.15) is 55.6 Å². The quantitative estimate of drug-likeness (QED) is 0.894. The Morgan fingerprint density at radius 2 is 2.24 bits per heavy atom. The maximum atomic E-state index is 12.4. The second-order valence-corrected chi connectivity index (χ2v) is 6.73. The molecule has 21 heavy (non-hydrogen) atoms. The Balaban J connectivity index is 1.67. The number of anilines is 1. The number of nitrogens with two attached hydrogens (primary N) is 1. The molecule has 3 N–H and O–H groups in total. The number of hydrogen-bond donors (Lipinski definition) is 2. The number of fused-ring (bicyclic) bond motifs is 2. The van der Waals surface area contributed by atoms with Gasteiger partial charge in [0, 0.05) is 17.3 Å². The van der Waals surface area contributed by atoms with Crippen LogP contribution in [0.4, 0.5) is 5.82 Å². The molecule has 3 rings (SSSR count). The summed E-state index contributed by atoms with van der Waals surface area (Å²) < 4.78 is 0. The first-order valence-corrected chi connectivity index (χ1v) is 8.14. The summed E-state index contributed by atoms with van der Waals surface area (Å²) in [5.74, 6) is 2.78. The number of amides is 1. The SMILES string of the molecule is CCc1cc(C(=O)NC(C)C2CC3CCC2C3)cc(N)n1. The molecule has 0 radical (unpaired) electrons. The molecule has 4 unspecified atom stereocenters. The predicted molar refractivity (Wildman–Crippen MR) is 83.9 cm³/mol. The standard InChI is InChI=1S/C17H25N3O/c1-3-14-8-13(9-16(18)20-14)17(21)19-10(2)15-7-11-4-5-12(15)6-11/h8-12,15H,3-7H2,1-2H3,(H2,18,20)(H,19,21). The van der Waals surface area contributed by atoms with Crippen LogP contribution in [0.15, 0.2) is 12.1 Å². The lowest BCUT2D eigenvalue weighted by atomic mass is 9.84. The van der Waals surface area contributed by atoms with Gasteiger partial charge in [0.05, 0.1) is 0 Å². The third-order valence-corrected chi connectivity index (χ3v) is 5.32. The van der Waals surface area contributed by atoms with E-state index in [1.54, 1.807) is 6.07 Å². The molecule has 2 saturated carbocycles. The third-order valence-electron chi connectivity index (χ3n) is 5.32. The first kappa shape index (κ1) is 14.4. The largest absolute Gasteiger partial charge is 0.384 e. The number of hydrogen-bond acceptors (Lipinski definition) is 3. The zero-order valence-corrected chi connectivity index (χ0v) is 12.9. The van der Waals surface area contributed by atoms with Crippen molar-refractivity contribution < 1.29 is 4.79 Å². The Kier molecular flexibility index (Phi) is 3.87. The van der Waals surface area contributed by atoms with Gasteiger partial charge in [-0.05, 0) is 62.5 Å². The van der Waals surface area contributed by atoms with Crippen LogP contribution in [0.3, 0.4) is 0 Å². The number of pyridine rings is 1. The molecule has 4 heteroatoms. The summed E-state index contributed by atoms with van der Waals surface area (Å²) >= 11 is 0. The van der Waals surface area contributed by atoms with Crippen molar-refractivity contribution in [2.24, 2.45) is 17.8 Å². The summed E-state index contributed by atoms with van der Waals surface area (Å²) in [4.78, 5) is 16.7. The molecule has 1 aromatic heterocycles. The van der Waals surface area contributed by atoms with Crippen LogP contribution >= 0.6 is 0 Å². The zero-order valence-electron chi connectivity index (χ0n) is 12.9. The fourth-order valence-electron chi connectivity index (χ4n) is 4.23. The fourth-order valence-corrected chi connectivity index (χ4v) is 4.23. The minimum atomic E-state index is -0.0194. The van der Waals surface area contributed by atoms with Gasteiger partial charge in [0.2, 0.25) is 0 Å². The summed E-state index contributed by atoms with van der Waals surface area (Å²) in [6.07, 6.45) is 6.17. The van der Waals surface area contributed by atoms with Crippen LogP contribution < -0.4 is 11.1 Å². The van der Waals surface area contributed by atoms with Crippen molar-refractivity contribution in [3.63, 3.8) is 0 Å². The molecule has 0 spiro atoms. The van der Waals surface area contributed by atoms with Crippen molar-refractivity contribution in [2.75, 3.05) is 5.73 Å². The van der Waals surface area contributed by atoms with Crippen LogP contribution in [0.25, 0.3) is 0 Å². The van der Waals surface area contributed by atoms with Gasteiger partial charge in [-0.3, -0.25) is 4.79 Å². The maximum absolute atomic E-state index is 12.4. The molecular weight excluding hydrogens is 262 g/mol. The number of nitrogen functional groups attached to an aromatic ring is 1. The molecule has 0 saturated heterocycles. The van der Waals surface area contributed by atoms with Crippen LogP contribution in [0, 0.1) is 17.8 Å². The summed E-state index contributed by atoms with van der Waals surface area (Å²) in [5, 5.41) is 3.18. The smallest absolute Gasteiger partial charge is 0.251 e. The van der Waals surface area contributed by atoms with E-state index in [4.69, 9.17) is 5.73 Å². The number of rotatable bonds is 4. The van der Waals surface area contributed by atoms with Crippen molar-refractivity contribution in [3.05, 3.63) is 23.4 Å². The Morgan fingerprint density at radius 3 is 2.86 bits per heavy atom. The van der Waals surface area contributed by atoms with E-state index >= 15 is 0 Å². The Labute approximate surface area is 126 Å². The zero-order chi connectivity index (χ0) is 15.0. The molecule has 4 nitrogen and oxygen atoms in total. The van der Waals surface area contributed by atoms with E-state index in [1.165, 1.54) is 25.7 Å². The molecule has 4 atom stereocenters. The van der Waals surface area contributed by atoms with Crippen LogP contribution in [-0.4, -0.2) is 16.9 Å². The van der Waals surface area contributed by atoms with Crippen molar-refractivity contribution in [2.45, 2.75) is 52.0 Å². The van der Waals surface area contributed by atoms with Gasteiger partial charge in [-0.25, -0.2) is 4.98 Å². The van der Waals surface area contributed by atoms with Gasteiger partial charge < -0.3 is 11.1 Å². The number of nitrogens with zero attached hydrogens (tertiary/aromatic N) is 1. The molecule has 114 valence electrons. The Bertz CT molecular complexity index is 543. The van der Waals surface area contributed by atoms with Gasteiger partial charge >= 0.3 is 0 Å². The predicted octanol–water partition coefficient (Wildman–Crippen LogP) is 2.78. The van der Waals surface area contributed by atoms with E-state index in [0.29, 0.717) is 17.3 Å². The fraction of sp³-hybridized carbons (Fsp3) is 0.647.